The molecule has 1 aliphatic heterocycles. The summed E-state index contributed by atoms with van der Waals surface area (Å²) in [5.74, 6) is 0.825. The standard InChI is InChI=1S/C15H21FN2O/c16-13-3-1-10(6-17)12(5-13)8-18-7-11-2-4-15(19)14(11)9-18/h1,3,5,11,14-15,19H,2,4,6-9,17H2. The van der Waals surface area contributed by atoms with Gasteiger partial charge in [-0.2, -0.15) is 0 Å². The fourth-order valence-electron chi connectivity index (χ4n) is 3.64. The van der Waals surface area contributed by atoms with Gasteiger partial charge in [0.1, 0.15) is 5.82 Å². The number of benzene rings is 1. The summed E-state index contributed by atoms with van der Waals surface area (Å²) in [7, 11) is 0. The SMILES string of the molecule is NCc1ccc(F)cc1CN1CC2CCC(O)C2C1. The van der Waals surface area contributed by atoms with Gasteiger partial charge in [0.15, 0.2) is 0 Å². The number of likely N-dealkylation sites (tertiary alicyclic amines) is 1. The van der Waals surface area contributed by atoms with Crippen molar-refractivity contribution >= 4 is 0 Å². The molecule has 4 heteroatoms. The molecule has 1 aromatic carbocycles. The van der Waals surface area contributed by atoms with Crippen LogP contribution in [0, 0.1) is 17.7 Å². The van der Waals surface area contributed by atoms with Crippen LogP contribution in [0.25, 0.3) is 0 Å². The maximum absolute atomic E-state index is 13.4. The molecule has 1 aromatic rings. The summed E-state index contributed by atoms with van der Waals surface area (Å²) in [4.78, 5) is 2.33. The minimum Gasteiger partial charge on any atom is -0.393 e. The zero-order chi connectivity index (χ0) is 13.4. The average molecular weight is 264 g/mol. The van der Waals surface area contributed by atoms with Crippen LogP contribution in [0.2, 0.25) is 0 Å². The van der Waals surface area contributed by atoms with Crippen molar-refractivity contribution in [1.82, 2.24) is 4.90 Å². The van der Waals surface area contributed by atoms with E-state index in [-0.39, 0.29) is 11.9 Å². The highest BCUT2D eigenvalue weighted by molar-refractivity contribution is 5.28. The number of hydrogen-bond donors (Lipinski definition) is 2. The van der Waals surface area contributed by atoms with E-state index >= 15 is 0 Å². The van der Waals surface area contributed by atoms with Gasteiger partial charge < -0.3 is 10.8 Å². The van der Waals surface area contributed by atoms with Crippen LogP contribution in [0.15, 0.2) is 18.2 Å². The zero-order valence-electron chi connectivity index (χ0n) is 11.1. The number of nitrogens with two attached hydrogens (primary N) is 1. The lowest BCUT2D eigenvalue weighted by Gasteiger charge is -2.19. The fourth-order valence-corrected chi connectivity index (χ4v) is 3.64. The third-order valence-electron chi connectivity index (χ3n) is 4.68. The molecule has 0 amide bonds. The summed E-state index contributed by atoms with van der Waals surface area (Å²) < 4.78 is 13.4. The van der Waals surface area contributed by atoms with Gasteiger partial charge in [-0.15, -0.1) is 0 Å². The Kier molecular flexibility index (Phi) is 3.56. The molecule has 2 aliphatic rings. The number of halogens is 1. The maximum atomic E-state index is 13.4. The molecule has 1 aliphatic carbocycles. The number of rotatable bonds is 3. The first-order chi connectivity index (χ1) is 9.17. The third kappa shape index (κ3) is 2.53. The summed E-state index contributed by atoms with van der Waals surface area (Å²) >= 11 is 0. The Morgan fingerprint density at radius 3 is 2.84 bits per heavy atom. The lowest BCUT2D eigenvalue weighted by molar-refractivity contribution is 0.123. The highest BCUT2D eigenvalue weighted by Gasteiger charge is 2.41. The molecule has 1 saturated heterocycles. The lowest BCUT2D eigenvalue weighted by atomic mass is 10.00. The van der Waals surface area contributed by atoms with Gasteiger partial charge in [-0.3, -0.25) is 4.90 Å². The van der Waals surface area contributed by atoms with E-state index in [0.29, 0.717) is 18.4 Å². The normalized spacial score (nSPS) is 30.8. The Morgan fingerprint density at radius 1 is 1.26 bits per heavy atom. The van der Waals surface area contributed by atoms with Crippen molar-refractivity contribution < 1.29 is 9.50 Å². The number of aliphatic hydroxyl groups is 1. The van der Waals surface area contributed by atoms with Crippen molar-refractivity contribution in [2.75, 3.05) is 13.1 Å². The van der Waals surface area contributed by atoms with E-state index in [1.54, 1.807) is 12.1 Å². The Bertz CT molecular complexity index is 465. The fraction of sp³-hybridized carbons (Fsp3) is 0.600. The molecule has 1 heterocycles. The van der Waals surface area contributed by atoms with E-state index in [4.69, 9.17) is 5.73 Å². The first-order valence-electron chi connectivity index (χ1n) is 7.05. The average Bonchev–Trinajstić information content (AvgIpc) is 2.92. The quantitative estimate of drug-likeness (QED) is 0.869. The van der Waals surface area contributed by atoms with E-state index in [1.165, 1.54) is 6.07 Å². The van der Waals surface area contributed by atoms with Crippen molar-refractivity contribution in [2.24, 2.45) is 17.6 Å². The molecule has 3 unspecified atom stereocenters. The third-order valence-corrected chi connectivity index (χ3v) is 4.68. The molecule has 19 heavy (non-hydrogen) atoms. The van der Waals surface area contributed by atoms with Gasteiger partial charge >= 0.3 is 0 Å². The van der Waals surface area contributed by atoms with Gasteiger partial charge in [-0.1, -0.05) is 6.07 Å². The second kappa shape index (κ2) is 5.19. The minimum atomic E-state index is -0.202. The maximum Gasteiger partial charge on any atom is 0.123 e. The second-order valence-corrected chi connectivity index (χ2v) is 5.88. The van der Waals surface area contributed by atoms with E-state index in [1.807, 2.05) is 0 Å². The topological polar surface area (TPSA) is 49.5 Å². The molecule has 3 rings (SSSR count). The number of fused-ring (bicyclic) bond motifs is 1. The van der Waals surface area contributed by atoms with Crippen LogP contribution >= 0.6 is 0 Å². The molecule has 0 spiro atoms. The van der Waals surface area contributed by atoms with Crippen molar-refractivity contribution in [1.29, 1.82) is 0 Å². The van der Waals surface area contributed by atoms with Crippen LogP contribution in [0.1, 0.15) is 24.0 Å². The zero-order valence-corrected chi connectivity index (χ0v) is 11.1. The van der Waals surface area contributed by atoms with E-state index < -0.39 is 0 Å². The van der Waals surface area contributed by atoms with Crippen LogP contribution in [0.4, 0.5) is 4.39 Å². The van der Waals surface area contributed by atoms with Crippen LogP contribution < -0.4 is 5.73 Å². The number of nitrogens with zero attached hydrogens (tertiary/aromatic N) is 1. The number of aliphatic hydroxyl groups excluding tert-OH is 1. The summed E-state index contributed by atoms with van der Waals surface area (Å²) in [5.41, 5.74) is 7.70. The molecular formula is C15H21FN2O. The molecule has 0 bridgehead atoms. The van der Waals surface area contributed by atoms with Crippen molar-refractivity contribution in [3.63, 3.8) is 0 Å². The molecule has 0 aromatic heterocycles. The van der Waals surface area contributed by atoms with E-state index in [9.17, 15) is 9.50 Å². The van der Waals surface area contributed by atoms with E-state index in [0.717, 1.165) is 43.6 Å². The van der Waals surface area contributed by atoms with Crippen molar-refractivity contribution in [2.45, 2.75) is 32.0 Å². The Morgan fingerprint density at radius 2 is 2.11 bits per heavy atom. The van der Waals surface area contributed by atoms with Crippen LogP contribution in [0.5, 0.6) is 0 Å². The second-order valence-electron chi connectivity index (χ2n) is 5.88. The predicted octanol–water partition coefficient (Wildman–Crippen LogP) is 1.49. The molecule has 3 atom stereocenters. The summed E-state index contributed by atoms with van der Waals surface area (Å²) in [6.07, 6.45) is 1.92. The van der Waals surface area contributed by atoms with Crippen molar-refractivity contribution in [3.8, 4) is 0 Å². The number of hydrogen-bond acceptors (Lipinski definition) is 3. The molecule has 2 fully saturated rings. The first kappa shape index (κ1) is 13.0. The van der Waals surface area contributed by atoms with Gasteiger partial charge in [-0.25, -0.2) is 4.39 Å². The Labute approximate surface area is 113 Å². The van der Waals surface area contributed by atoms with Gasteiger partial charge in [-0.05, 0) is 42.0 Å². The van der Waals surface area contributed by atoms with Crippen molar-refractivity contribution in [3.05, 3.63) is 35.1 Å². The van der Waals surface area contributed by atoms with Gasteiger partial charge in [0.05, 0.1) is 6.10 Å². The van der Waals surface area contributed by atoms with Crippen LogP contribution in [0.3, 0.4) is 0 Å². The van der Waals surface area contributed by atoms with Gasteiger partial charge in [0, 0.05) is 32.1 Å². The highest BCUT2D eigenvalue weighted by atomic mass is 19.1. The summed E-state index contributed by atoms with van der Waals surface area (Å²) in [6, 6.07) is 4.83. The lowest BCUT2D eigenvalue weighted by Crippen LogP contribution is -2.25. The molecule has 3 nitrogen and oxygen atoms in total. The summed E-state index contributed by atoms with van der Waals surface area (Å²) in [6.45, 7) is 3.12. The Hall–Kier alpha value is -0.970. The first-order valence-corrected chi connectivity index (χ1v) is 7.05. The smallest absolute Gasteiger partial charge is 0.123 e. The predicted molar refractivity (Wildman–Crippen MR) is 71.8 cm³/mol. The van der Waals surface area contributed by atoms with Crippen LogP contribution in [-0.2, 0) is 13.1 Å². The molecule has 1 saturated carbocycles. The summed E-state index contributed by atoms with van der Waals surface area (Å²) in [5, 5.41) is 9.92. The van der Waals surface area contributed by atoms with Gasteiger partial charge in [0.2, 0.25) is 0 Å². The molecule has 3 N–H and O–H groups in total. The molecule has 0 radical (unpaired) electrons. The molecule has 104 valence electrons. The minimum absolute atomic E-state index is 0.142. The largest absolute Gasteiger partial charge is 0.393 e. The van der Waals surface area contributed by atoms with Crippen LogP contribution in [-0.4, -0.2) is 29.2 Å². The highest BCUT2D eigenvalue weighted by Crippen LogP contribution is 2.38. The van der Waals surface area contributed by atoms with E-state index in [2.05, 4.69) is 4.90 Å². The molecular weight excluding hydrogens is 243 g/mol. The van der Waals surface area contributed by atoms with Gasteiger partial charge in [0.25, 0.3) is 0 Å². The Balaban J connectivity index is 1.71. The monoisotopic (exact) mass is 264 g/mol.